The van der Waals surface area contributed by atoms with Crippen LogP contribution in [0.25, 0.3) is 10.9 Å². The fourth-order valence-corrected chi connectivity index (χ4v) is 6.17. The molecule has 1 amide bonds. The summed E-state index contributed by atoms with van der Waals surface area (Å²) >= 11 is 0. The van der Waals surface area contributed by atoms with Crippen molar-refractivity contribution < 1.29 is 9.90 Å². The summed E-state index contributed by atoms with van der Waals surface area (Å²) in [7, 11) is 0. The highest BCUT2D eigenvalue weighted by Gasteiger charge is 2.54. The van der Waals surface area contributed by atoms with E-state index in [-0.39, 0.29) is 16.9 Å². The first-order valence-electron chi connectivity index (χ1n) is 9.62. The number of aromatic nitrogens is 1. The molecule has 4 saturated carbocycles. The maximum atomic E-state index is 13.0. The number of carbonyl (C=O) groups excluding carboxylic acids is 1. The molecule has 0 spiro atoms. The van der Waals surface area contributed by atoms with E-state index in [1.807, 2.05) is 0 Å². The summed E-state index contributed by atoms with van der Waals surface area (Å²) in [4.78, 5) is 28.2. The molecule has 0 aliphatic heterocycles. The summed E-state index contributed by atoms with van der Waals surface area (Å²) < 4.78 is 0. The van der Waals surface area contributed by atoms with E-state index in [2.05, 4.69) is 17.2 Å². The lowest BCUT2D eigenvalue weighted by atomic mass is 9.49. The van der Waals surface area contributed by atoms with Gasteiger partial charge in [-0.05, 0) is 67.9 Å². The largest absolute Gasteiger partial charge is 0.506 e. The lowest BCUT2D eigenvalue weighted by Crippen LogP contribution is -2.62. The average molecular weight is 352 g/mol. The van der Waals surface area contributed by atoms with E-state index in [1.165, 1.54) is 12.8 Å². The van der Waals surface area contributed by atoms with Crippen molar-refractivity contribution in [1.82, 2.24) is 10.3 Å². The highest BCUT2D eigenvalue weighted by atomic mass is 16.3. The third-order valence-electron chi connectivity index (χ3n) is 7.24. The number of amides is 1. The highest BCUT2D eigenvalue weighted by Crippen LogP contribution is 2.58. The van der Waals surface area contributed by atoms with Crippen LogP contribution in [-0.2, 0) is 0 Å². The van der Waals surface area contributed by atoms with Gasteiger partial charge in [-0.15, -0.1) is 0 Å². The normalized spacial score (nSPS) is 35.0. The van der Waals surface area contributed by atoms with Crippen molar-refractivity contribution in [1.29, 1.82) is 0 Å². The van der Waals surface area contributed by atoms with Gasteiger partial charge in [0, 0.05) is 10.9 Å². The van der Waals surface area contributed by atoms with E-state index in [9.17, 15) is 14.7 Å². The quantitative estimate of drug-likeness (QED) is 0.776. The maximum absolute atomic E-state index is 13.0. The van der Waals surface area contributed by atoms with Gasteiger partial charge in [-0.2, -0.15) is 0 Å². The van der Waals surface area contributed by atoms with Crippen molar-refractivity contribution in [2.45, 2.75) is 44.6 Å². The van der Waals surface area contributed by atoms with Crippen molar-refractivity contribution in [3.8, 4) is 5.75 Å². The molecule has 2 atom stereocenters. The number of aromatic hydroxyl groups is 1. The van der Waals surface area contributed by atoms with Gasteiger partial charge in [0.15, 0.2) is 0 Å². The molecule has 26 heavy (non-hydrogen) atoms. The topological polar surface area (TPSA) is 82.2 Å². The third kappa shape index (κ3) is 2.22. The van der Waals surface area contributed by atoms with Crippen LogP contribution in [0.5, 0.6) is 5.75 Å². The lowest BCUT2D eigenvalue weighted by molar-refractivity contribution is -0.0561. The smallest absolute Gasteiger partial charge is 0.265 e. The molecular formula is C21H24N2O3. The van der Waals surface area contributed by atoms with Gasteiger partial charge in [0.05, 0.1) is 5.52 Å². The number of fused-ring (bicyclic) bond motifs is 1. The number of aromatic amines is 1. The molecule has 0 radical (unpaired) electrons. The second-order valence-corrected chi connectivity index (χ2v) is 8.79. The van der Waals surface area contributed by atoms with E-state index in [1.54, 1.807) is 24.3 Å². The van der Waals surface area contributed by atoms with Crippen LogP contribution in [0, 0.1) is 23.7 Å². The minimum atomic E-state index is -0.531. The Labute approximate surface area is 151 Å². The number of hydrogen-bond donors (Lipinski definition) is 3. The molecule has 5 heteroatoms. The fourth-order valence-electron chi connectivity index (χ4n) is 6.17. The van der Waals surface area contributed by atoms with Crippen LogP contribution in [0.15, 0.2) is 29.1 Å². The number of pyridine rings is 1. The number of benzene rings is 1. The van der Waals surface area contributed by atoms with Crippen LogP contribution in [0.2, 0.25) is 0 Å². The van der Waals surface area contributed by atoms with Crippen LogP contribution >= 0.6 is 0 Å². The Morgan fingerprint density at radius 1 is 1.19 bits per heavy atom. The summed E-state index contributed by atoms with van der Waals surface area (Å²) in [6.07, 6.45) is 5.55. The number of carbonyl (C=O) groups is 1. The predicted molar refractivity (Wildman–Crippen MR) is 99.1 cm³/mol. The Hall–Kier alpha value is -2.30. The molecule has 4 aliphatic carbocycles. The molecule has 2 aromatic rings. The Morgan fingerprint density at radius 2 is 1.88 bits per heavy atom. The van der Waals surface area contributed by atoms with Gasteiger partial charge in [-0.25, -0.2) is 0 Å². The summed E-state index contributed by atoms with van der Waals surface area (Å²) in [5, 5.41) is 14.3. The van der Waals surface area contributed by atoms with Crippen molar-refractivity contribution in [2.75, 3.05) is 0 Å². The fraction of sp³-hybridized carbons (Fsp3) is 0.524. The van der Waals surface area contributed by atoms with E-state index >= 15 is 0 Å². The van der Waals surface area contributed by atoms with Crippen LogP contribution in [0.4, 0.5) is 0 Å². The standard InChI is InChI=1S/C21H24N2O3/c1-11-13-6-12-7-14(11)10-21(8-12,9-13)23-20(26)17-18(24)15-4-2-3-5-16(15)22-19(17)25/h2-5,11-14H,6-10H2,1H3,(H,23,26)(H2,22,24,25). The first-order valence-corrected chi connectivity index (χ1v) is 9.62. The second-order valence-electron chi connectivity index (χ2n) is 8.79. The second kappa shape index (κ2) is 5.35. The number of rotatable bonds is 2. The molecule has 1 aromatic heterocycles. The molecule has 0 saturated heterocycles. The van der Waals surface area contributed by atoms with E-state index < -0.39 is 11.5 Å². The van der Waals surface area contributed by atoms with E-state index in [0.29, 0.717) is 28.7 Å². The van der Waals surface area contributed by atoms with Crippen molar-refractivity contribution >= 4 is 16.8 Å². The molecule has 5 nitrogen and oxygen atoms in total. The predicted octanol–water partition coefficient (Wildman–Crippen LogP) is 3.18. The average Bonchev–Trinajstić information content (AvgIpc) is 2.58. The molecule has 2 unspecified atom stereocenters. The Morgan fingerprint density at radius 3 is 2.62 bits per heavy atom. The SMILES string of the molecule is CC1C2CC3CC1CC(NC(=O)c1c(O)c4ccccc4[nH]c1=O)(C3)C2. The molecule has 6 rings (SSSR count). The van der Waals surface area contributed by atoms with Gasteiger partial charge in [0.25, 0.3) is 11.5 Å². The first-order chi connectivity index (χ1) is 12.5. The van der Waals surface area contributed by atoms with Crippen LogP contribution in [0.1, 0.15) is 49.4 Å². The Bertz CT molecular complexity index is 947. The Kier molecular flexibility index (Phi) is 3.27. The zero-order valence-corrected chi connectivity index (χ0v) is 14.9. The van der Waals surface area contributed by atoms with E-state index in [0.717, 1.165) is 25.2 Å². The minimum absolute atomic E-state index is 0.160. The maximum Gasteiger partial charge on any atom is 0.265 e. The molecular weight excluding hydrogens is 328 g/mol. The van der Waals surface area contributed by atoms with Crippen molar-refractivity contribution in [2.24, 2.45) is 23.7 Å². The van der Waals surface area contributed by atoms with Crippen molar-refractivity contribution in [3.63, 3.8) is 0 Å². The van der Waals surface area contributed by atoms with E-state index in [4.69, 9.17) is 0 Å². The molecule has 3 N–H and O–H groups in total. The Balaban J connectivity index is 1.50. The molecule has 1 heterocycles. The zero-order valence-electron chi connectivity index (χ0n) is 14.9. The van der Waals surface area contributed by atoms with Crippen molar-refractivity contribution in [3.05, 3.63) is 40.2 Å². The van der Waals surface area contributed by atoms with Gasteiger partial charge in [-0.3, -0.25) is 9.59 Å². The van der Waals surface area contributed by atoms with Crippen LogP contribution in [0.3, 0.4) is 0 Å². The number of H-pyrrole nitrogens is 1. The summed E-state index contributed by atoms with van der Waals surface area (Å²) in [5.74, 6) is 2.10. The third-order valence-corrected chi connectivity index (χ3v) is 7.24. The highest BCUT2D eigenvalue weighted by molar-refractivity contribution is 6.02. The number of nitrogens with one attached hydrogen (secondary N) is 2. The first kappa shape index (κ1) is 15.9. The molecule has 4 fully saturated rings. The van der Waals surface area contributed by atoms with Crippen LogP contribution in [-0.4, -0.2) is 21.5 Å². The summed E-state index contributed by atoms with van der Waals surface area (Å²) in [6, 6.07) is 7.00. The summed E-state index contributed by atoms with van der Waals surface area (Å²) in [6.45, 7) is 2.35. The van der Waals surface area contributed by atoms with Gasteiger partial charge < -0.3 is 15.4 Å². The van der Waals surface area contributed by atoms with Crippen LogP contribution < -0.4 is 10.9 Å². The minimum Gasteiger partial charge on any atom is -0.506 e. The van der Waals surface area contributed by atoms with Gasteiger partial charge in [0.2, 0.25) is 0 Å². The molecule has 4 bridgehead atoms. The van der Waals surface area contributed by atoms with Gasteiger partial charge in [-0.1, -0.05) is 19.1 Å². The molecule has 1 aromatic carbocycles. The monoisotopic (exact) mass is 352 g/mol. The van der Waals surface area contributed by atoms with Gasteiger partial charge in [0.1, 0.15) is 11.3 Å². The molecule has 136 valence electrons. The van der Waals surface area contributed by atoms with Gasteiger partial charge >= 0.3 is 0 Å². The lowest BCUT2D eigenvalue weighted by Gasteiger charge is -2.59. The number of hydrogen-bond acceptors (Lipinski definition) is 3. The number of para-hydroxylation sites is 1. The zero-order chi connectivity index (χ0) is 18.1. The molecule has 4 aliphatic rings. The summed E-state index contributed by atoms with van der Waals surface area (Å²) in [5.41, 5.74) is -0.357.